The van der Waals surface area contributed by atoms with Crippen molar-refractivity contribution in [3.63, 3.8) is 0 Å². The second kappa shape index (κ2) is 5.02. The second-order valence-corrected chi connectivity index (χ2v) is 4.33. The molecule has 138 valence electrons. The Balaban J connectivity index is 3.59. The third-order valence-corrected chi connectivity index (χ3v) is 2.91. The minimum Gasteiger partial charge on any atom is -0.319 e. The molecular formula is C8H6F12NO2+. The van der Waals surface area contributed by atoms with Gasteiger partial charge in [0.15, 0.2) is 6.61 Å². The van der Waals surface area contributed by atoms with E-state index in [9.17, 15) is 52.8 Å². The number of ether oxygens (including phenoxy) is 2. The van der Waals surface area contributed by atoms with Gasteiger partial charge in [0.25, 0.3) is 0 Å². The quantitative estimate of drug-likeness (QED) is 0.424. The SMILES string of the molecule is COC(F)(F)C(F)(F)C(F)(F)[N+]1(F)C(F)C(F)(F)OCC1(F)F. The van der Waals surface area contributed by atoms with Gasteiger partial charge in [-0.25, -0.2) is 0 Å². The molecule has 0 aromatic carbocycles. The topological polar surface area (TPSA) is 18.5 Å². The summed E-state index contributed by atoms with van der Waals surface area (Å²) < 4.78 is 157. The lowest BCUT2D eigenvalue weighted by Gasteiger charge is -2.45. The molecule has 3 nitrogen and oxygen atoms in total. The standard InChI is InChI=1S/C8H6F12NO2/c1-22-8(18,19)6(14,15)7(16,17)21(20)3(9)5(12,13)23-2-4(21,10)11/h3H,2H2,1H3/q+1. The Kier molecular flexibility index (Phi) is 4.38. The number of hydrogen-bond acceptors (Lipinski definition) is 2. The van der Waals surface area contributed by atoms with Gasteiger partial charge in [0.05, 0.1) is 0 Å². The molecular weight excluding hydrogens is 370 g/mol. The molecule has 1 rings (SSSR count). The Labute approximate surface area is 118 Å². The molecule has 23 heavy (non-hydrogen) atoms. The summed E-state index contributed by atoms with van der Waals surface area (Å²) >= 11 is 0. The largest absolute Gasteiger partial charge is 0.508 e. The molecule has 0 spiro atoms. The van der Waals surface area contributed by atoms with Crippen molar-refractivity contribution < 1.29 is 67.0 Å². The monoisotopic (exact) mass is 376 g/mol. The van der Waals surface area contributed by atoms with Crippen molar-refractivity contribution in [2.45, 2.75) is 36.5 Å². The van der Waals surface area contributed by atoms with Crippen molar-refractivity contribution in [1.82, 2.24) is 0 Å². The van der Waals surface area contributed by atoms with Gasteiger partial charge in [-0.2, -0.15) is 30.7 Å². The number of methoxy groups -OCH3 is 1. The van der Waals surface area contributed by atoms with Crippen LogP contribution >= 0.6 is 0 Å². The van der Waals surface area contributed by atoms with Crippen LogP contribution in [-0.4, -0.2) is 55.0 Å². The predicted octanol–water partition coefficient (Wildman–Crippen LogP) is 3.67. The fraction of sp³-hybridized carbons (Fsp3) is 1.00. The molecule has 15 heteroatoms. The lowest BCUT2D eigenvalue weighted by molar-refractivity contribution is -1.22. The summed E-state index contributed by atoms with van der Waals surface area (Å²) in [4.78, 5) is 0. The number of nitrogens with zero attached hydrogens (tertiary/aromatic N) is 1. The van der Waals surface area contributed by atoms with Crippen LogP contribution in [-0.2, 0) is 9.47 Å². The molecule has 0 N–H and O–H groups in total. The first-order chi connectivity index (χ1) is 9.92. The highest BCUT2D eigenvalue weighted by molar-refractivity contribution is 4.88. The lowest BCUT2D eigenvalue weighted by atomic mass is 10.1. The Hall–Kier alpha value is -0.960. The van der Waals surface area contributed by atoms with E-state index in [1.165, 1.54) is 0 Å². The van der Waals surface area contributed by atoms with Crippen LogP contribution in [0.25, 0.3) is 0 Å². The highest BCUT2D eigenvalue weighted by Crippen LogP contribution is 2.59. The summed E-state index contributed by atoms with van der Waals surface area (Å²) in [5.41, 5.74) is 0. The summed E-state index contributed by atoms with van der Waals surface area (Å²) in [6, 6.07) is -13.4. The molecule has 0 saturated carbocycles. The van der Waals surface area contributed by atoms with Crippen LogP contribution in [0.15, 0.2) is 0 Å². The van der Waals surface area contributed by atoms with Crippen molar-refractivity contribution in [3.8, 4) is 0 Å². The molecule has 1 saturated heterocycles. The summed E-state index contributed by atoms with van der Waals surface area (Å²) in [5, 5.41) is 0. The molecule has 1 heterocycles. The van der Waals surface area contributed by atoms with Gasteiger partial charge in [-0.3, -0.25) is 4.74 Å². The zero-order valence-corrected chi connectivity index (χ0v) is 10.6. The first-order valence-corrected chi connectivity index (χ1v) is 5.23. The summed E-state index contributed by atoms with van der Waals surface area (Å²) in [6.45, 7) is -2.98. The molecule has 2 atom stereocenters. The van der Waals surface area contributed by atoms with E-state index in [4.69, 9.17) is 0 Å². The van der Waals surface area contributed by atoms with Gasteiger partial charge >= 0.3 is 36.5 Å². The van der Waals surface area contributed by atoms with E-state index < -0.39 is 47.8 Å². The minimum atomic E-state index is -7.37. The van der Waals surface area contributed by atoms with Crippen LogP contribution in [0, 0.1) is 0 Å². The molecule has 0 aromatic heterocycles. The summed E-state index contributed by atoms with van der Waals surface area (Å²) in [5.74, 6) is -7.13. The van der Waals surface area contributed by atoms with E-state index in [0.29, 0.717) is 0 Å². The smallest absolute Gasteiger partial charge is 0.319 e. The second-order valence-electron chi connectivity index (χ2n) is 4.33. The number of quaternary nitrogens is 1. The van der Waals surface area contributed by atoms with Crippen LogP contribution < -0.4 is 0 Å². The van der Waals surface area contributed by atoms with E-state index in [0.717, 1.165) is 0 Å². The summed E-state index contributed by atoms with van der Waals surface area (Å²) in [7, 11) is -0.286. The molecule has 0 aromatic rings. The number of alkyl halides is 11. The highest BCUT2D eigenvalue weighted by atomic mass is 19.4. The van der Waals surface area contributed by atoms with E-state index in [2.05, 4.69) is 9.47 Å². The van der Waals surface area contributed by atoms with E-state index in [1.807, 2.05) is 0 Å². The van der Waals surface area contributed by atoms with Gasteiger partial charge < -0.3 is 4.74 Å². The summed E-state index contributed by atoms with van der Waals surface area (Å²) in [6.07, 6.45) is -17.5. The first-order valence-electron chi connectivity index (χ1n) is 5.23. The molecule has 1 fully saturated rings. The average Bonchev–Trinajstić information content (AvgIpc) is 2.41. The maximum absolute atomic E-state index is 13.8. The van der Waals surface area contributed by atoms with Crippen molar-refractivity contribution in [2.24, 2.45) is 0 Å². The number of halogens is 12. The molecule has 0 radical (unpaired) electrons. The van der Waals surface area contributed by atoms with E-state index in [1.54, 1.807) is 0 Å². The van der Waals surface area contributed by atoms with Crippen molar-refractivity contribution >= 4 is 0 Å². The third kappa shape index (κ3) is 2.34. The van der Waals surface area contributed by atoms with Gasteiger partial charge in [0, 0.05) is 16.3 Å². The molecule has 1 aliphatic heterocycles. The van der Waals surface area contributed by atoms with Gasteiger partial charge in [-0.05, 0) is 0 Å². The van der Waals surface area contributed by atoms with Crippen LogP contribution in [0.1, 0.15) is 0 Å². The molecule has 0 amide bonds. The molecule has 0 bridgehead atoms. The number of morpholine rings is 1. The van der Waals surface area contributed by atoms with Gasteiger partial charge in [0.1, 0.15) is 0 Å². The van der Waals surface area contributed by atoms with Crippen molar-refractivity contribution in [3.05, 3.63) is 0 Å². The zero-order chi connectivity index (χ0) is 18.7. The Morgan fingerprint density at radius 2 is 1.48 bits per heavy atom. The fourth-order valence-corrected chi connectivity index (χ4v) is 1.57. The van der Waals surface area contributed by atoms with Gasteiger partial charge in [0.2, 0.25) is 0 Å². The Bertz CT molecular complexity index is 468. The maximum atomic E-state index is 13.8. The Morgan fingerprint density at radius 1 is 1.04 bits per heavy atom. The van der Waals surface area contributed by atoms with Crippen molar-refractivity contribution in [2.75, 3.05) is 13.7 Å². The normalized spacial score (nSPS) is 32.0. The third-order valence-electron chi connectivity index (χ3n) is 2.91. The first kappa shape index (κ1) is 20.1. The fourth-order valence-electron chi connectivity index (χ4n) is 1.57. The highest BCUT2D eigenvalue weighted by Gasteiger charge is 2.94. The maximum Gasteiger partial charge on any atom is 0.508 e. The van der Waals surface area contributed by atoms with E-state index in [-0.39, 0.29) is 7.11 Å². The Morgan fingerprint density at radius 3 is 1.87 bits per heavy atom. The average molecular weight is 376 g/mol. The minimum absolute atomic E-state index is 0.286. The lowest BCUT2D eigenvalue weighted by Crippen LogP contribution is -2.81. The van der Waals surface area contributed by atoms with Crippen molar-refractivity contribution in [1.29, 1.82) is 0 Å². The molecule has 1 aliphatic rings. The number of hydrogen-bond donors (Lipinski definition) is 0. The van der Waals surface area contributed by atoms with Crippen LogP contribution in [0.3, 0.4) is 0 Å². The van der Waals surface area contributed by atoms with Gasteiger partial charge in [-0.1, -0.05) is 0 Å². The molecule has 2 unspecified atom stereocenters. The van der Waals surface area contributed by atoms with Crippen LogP contribution in [0.4, 0.5) is 52.8 Å². The zero-order valence-electron chi connectivity index (χ0n) is 10.6. The van der Waals surface area contributed by atoms with Crippen LogP contribution in [0.5, 0.6) is 0 Å². The predicted molar refractivity (Wildman–Crippen MR) is 44.0 cm³/mol. The van der Waals surface area contributed by atoms with Crippen LogP contribution in [0.2, 0.25) is 0 Å². The van der Waals surface area contributed by atoms with E-state index >= 15 is 0 Å². The number of rotatable bonds is 4. The molecule has 0 aliphatic carbocycles. The van der Waals surface area contributed by atoms with Gasteiger partial charge in [-0.15, -0.1) is 17.6 Å².